The fraction of sp³-hybridized carbons (Fsp3) is 0.667. The second-order valence-corrected chi connectivity index (χ2v) is 3.66. The summed E-state index contributed by atoms with van der Waals surface area (Å²) < 4.78 is 0. The van der Waals surface area contributed by atoms with Crippen LogP contribution >= 0.6 is 0 Å². The highest BCUT2D eigenvalue weighted by Crippen LogP contribution is 2.28. The number of hydrogen-bond acceptors (Lipinski definition) is 3. The lowest BCUT2D eigenvalue weighted by Crippen LogP contribution is -2.17. The van der Waals surface area contributed by atoms with Gasteiger partial charge < -0.3 is 5.73 Å². The van der Waals surface area contributed by atoms with Crippen molar-refractivity contribution in [3.8, 4) is 0 Å². The van der Waals surface area contributed by atoms with Crippen LogP contribution in [-0.2, 0) is 6.54 Å². The lowest BCUT2D eigenvalue weighted by atomic mass is 10.1. The van der Waals surface area contributed by atoms with Crippen LogP contribution in [-0.4, -0.2) is 28.7 Å². The number of nitrogens with one attached hydrogen (secondary N) is 1. The minimum atomic E-state index is 0.497. The molecular formula is C9H16N4. The minimum Gasteiger partial charge on any atom is -0.325 e. The van der Waals surface area contributed by atoms with Crippen molar-refractivity contribution in [2.45, 2.75) is 25.4 Å². The fourth-order valence-electron chi connectivity index (χ4n) is 1.94. The van der Waals surface area contributed by atoms with Gasteiger partial charge in [0.15, 0.2) is 0 Å². The second-order valence-electron chi connectivity index (χ2n) is 3.66. The van der Waals surface area contributed by atoms with Gasteiger partial charge >= 0.3 is 0 Å². The highest BCUT2D eigenvalue weighted by molar-refractivity contribution is 5.13. The number of hydrogen-bond donors (Lipinski definition) is 2. The lowest BCUT2D eigenvalue weighted by molar-refractivity contribution is 0.311. The second kappa shape index (κ2) is 3.47. The maximum atomic E-state index is 5.51. The number of rotatable bonds is 2. The molecule has 72 valence electrons. The summed E-state index contributed by atoms with van der Waals surface area (Å²) in [6.45, 7) is 1.72. The Labute approximate surface area is 78.1 Å². The van der Waals surface area contributed by atoms with E-state index < -0.39 is 0 Å². The number of aromatic amines is 1. The number of likely N-dealkylation sites (tertiary alicyclic amines) is 1. The molecule has 1 unspecified atom stereocenters. The standard InChI is InChI=1S/C9H16N4/c1-13-4-2-3-9(13)8-5-7(6-10)11-12-8/h5,9H,2-4,6,10H2,1H3,(H,11,12). The minimum absolute atomic E-state index is 0.497. The Morgan fingerprint density at radius 1 is 1.77 bits per heavy atom. The molecular weight excluding hydrogens is 164 g/mol. The van der Waals surface area contributed by atoms with E-state index in [-0.39, 0.29) is 0 Å². The number of nitrogens with zero attached hydrogens (tertiary/aromatic N) is 2. The van der Waals surface area contributed by atoms with E-state index in [4.69, 9.17) is 5.73 Å². The average molecular weight is 180 g/mol. The summed E-state index contributed by atoms with van der Waals surface area (Å²) in [4.78, 5) is 2.34. The smallest absolute Gasteiger partial charge is 0.0796 e. The highest BCUT2D eigenvalue weighted by Gasteiger charge is 2.24. The van der Waals surface area contributed by atoms with Gasteiger partial charge in [-0.25, -0.2) is 0 Å². The summed E-state index contributed by atoms with van der Waals surface area (Å²) in [6.07, 6.45) is 2.48. The molecule has 0 bridgehead atoms. The van der Waals surface area contributed by atoms with Crippen LogP contribution < -0.4 is 5.73 Å². The monoisotopic (exact) mass is 180 g/mol. The van der Waals surface area contributed by atoms with Crippen LogP contribution in [0.3, 0.4) is 0 Å². The molecule has 0 aliphatic carbocycles. The molecule has 2 heterocycles. The van der Waals surface area contributed by atoms with Gasteiger partial charge in [-0.05, 0) is 32.5 Å². The predicted molar refractivity (Wildman–Crippen MR) is 51.1 cm³/mol. The molecule has 1 aliphatic heterocycles. The zero-order valence-electron chi connectivity index (χ0n) is 7.95. The number of aromatic nitrogens is 2. The highest BCUT2D eigenvalue weighted by atomic mass is 15.2. The predicted octanol–water partition coefficient (Wildman–Crippen LogP) is 0.635. The van der Waals surface area contributed by atoms with E-state index in [0.29, 0.717) is 12.6 Å². The van der Waals surface area contributed by atoms with Gasteiger partial charge in [-0.1, -0.05) is 0 Å². The molecule has 1 fully saturated rings. The Morgan fingerprint density at radius 2 is 2.62 bits per heavy atom. The zero-order valence-corrected chi connectivity index (χ0v) is 7.95. The van der Waals surface area contributed by atoms with Gasteiger partial charge in [-0.3, -0.25) is 10.00 Å². The molecule has 1 saturated heterocycles. The van der Waals surface area contributed by atoms with Crippen molar-refractivity contribution in [2.24, 2.45) is 5.73 Å². The summed E-state index contributed by atoms with van der Waals surface area (Å²) in [5, 5.41) is 7.22. The molecule has 1 aromatic heterocycles. The van der Waals surface area contributed by atoms with Crippen LogP contribution in [0.2, 0.25) is 0 Å². The van der Waals surface area contributed by atoms with Gasteiger partial charge in [-0.2, -0.15) is 5.10 Å². The lowest BCUT2D eigenvalue weighted by Gasteiger charge is -2.16. The van der Waals surface area contributed by atoms with E-state index in [2.05, 4.69) is 28.2 Å². The van der Waals surface area contributed by atoms with Crippen molar-refractivity contribution in [1.82, 2.24) is 15.1 Å². The largest absolute Gasteiger partial charge is 0.325 e. The van der Waals surface area contributed by atoms with Gasteiger partial charge in [0, 0.05) is 12.2 Å². The van der Waals surface area contributed by atoms with Crippen molar-refractivity contribution in [1.29, 1.82) is 0 Å². The maximum Gasteiger partial charge on any atom is 0.0796 e. The Hall–Kier alpha value is -0.870. The third-order valence-electron chi connectivity index (χ3n) is 2.73. The molecule has 0 amide bonds. The zero-order chi connectivity index (χ0) is 9.26. The Bertz CT molecular complexity index is 281. The van der Waals surface area contributed by atoms with Gasteiger partial charge in [0.05, 0.1) is 11.7 Å². The molecule has 4 nitrogen and oxygen atoms in total. The normalized spacial score (nSPS) is 24.0. The van der Waals surface area contributed by atoms with Crippen molar-refractivity contribution >= 4 is 0 Å². The Balaban J connectivity index is 2.15. The van der Waals surface area contributed by atoms with E-state index in [9.17, 15) is 0 Å². The molecule has 0 saturated carbocycles. The van der Waals surface area contributed by atoms with Crippen LogP contribution in [0.1, 0.15) is 30.3 Å². The van der Waals surface area contributed by atoms with E-state index in [1.165, 1.54) is 19.4 Å². The first-order valence-corrected chi connectivity index (χ1v) is 4.75. The number of H-pyrrole nitrogens is 1. The van der Waals surface area contributed by atoms with Crippen molar-refractivity contribution in [3.63, 3.8) is 0 Å². The van der Waals surface area contributed by atoms with Crippen LogP contribution in [0.25, 0.3) is 0 Å². The molecule has 2 rings (SSSR count). The van der Waals surface area contributed by atoms with E-state index in [1.807, 2.05) is 0 Å². The first-order chi connectivity index (χ1) is 6.31. The third-order valence-corrected chi connectivity index (χ3v) is 2.73. The fourth-order valence-corrected chi connectivity index (χ4v) is 1.94. The summed E-state index contributed by atoms with van der Waals surface area (Å²) in [7, 11) is 2.15. The van der Waals surface area contributed by atoms with Crippen molar-refractivity contribution in [2.75, 3.05) is 13.6 Å². The molecule has 4 heteroatoms. The first kappa shape index (κ1) is 8.72. The van der Waals surface area contributed by atoms with Gasteiger partial charge in [-0.15, -0.1) is 0 Å². The molecule has 13 heavy (non-hydrogen) atoms. The van der Waals surface area contributed by atoms with E-state index >= 15 is 0 Å². The van der Waals surface area contributed by atoms with Crippen LogP contribution in [0.4, 0.5) is 0 Å². The van der Waals surface area contributed by atoms with Crippen LogP contribution in [0.5, 0.6) is 0 Å². The molecule has 3 N–H and O–H groups in total. The molecule has 0 aromatic carbocycles. The van der Waals surface area contributed by atoms with Crippen molar-refractivity contribution < 1.29 is 0 Å². The molecule has 1 aromatic rings. The average Bonchev–Trinajstić information content (AvgIpc) is 2.71. The van der Waals surface area contributed by atoms with Gasteiger partial charge in [0.2, 0.25) is 0 Å². The molecule has 0 spiro atoms. The summed E-state index contributed by atoms with van der Waals surface area (Å²) >= 11 is 0. The molecule has 0 radical (unpaired) electrons. The summed E-state index contributed by atoms with van der Waals surface area (Å²) in [5.41, 5.74) is 7.67. The Kier molecular flexibility index (Phi) is 2.33. The van der Waals surface area contributed by atoms with E-state index in [1.54, 1.807) is 0 Å². The van der Waals surface area contributed by atoms with Crippen LogP contribution in [0, 0.1) is 0 Å². The first-order valence-electron chi connectivity index (χ1n) is 4.75. The molecule has 1 aliphatic rings. The Morgan fingerprint density at radius 3 is 3.15 bits per heavy atom. The number of nitrogens with two attached hydrogens (primary N) is 1. The van der Waals surface area contributed by atoms with Crippen molar-refractivity contribution in [3.05, 3.63) is 17.5 Å². The van der Waals surface area contributed by atoms with Gasteiger partial charge in [0.25, 0.3) is 0 Å². The van der Waals surface area contributed by atoms with Gasteiger partial charge in [0.1, 0.15) is 0 Å². The van der Waals surface area contributed by atoms with Crippen LogP contribution in [0.15, 0.2) is 6.07 Å². The maximum absolute atomic E-state index is 5.51. The quantitative estimate of drug-likeness (QED) is 0.702. The summed E-state index contributed by atoms with van der Waals surface area (Å²) in [5.74, 6) is 0. The molecule has 1 atom stereocenters. The summed E-state index contributed by atoms with van der Waals surface area (Å²) in [6, 6.07) is 2.57. The van der Waals surface area contributed by atoms with E-state index in [0.717, 1.165) is 11.4 Å². The SMILES string of the molecule is CN1CCCC1c1cc(CN)[nH]n1. The topological polar surface area (TPSA) is 57.9 Å². The third kappa shape index (κ3) is 1.59.